The molecular weight excluding hydrogens is 366 g/mol. The van der Waals surface area contributed by atoms with Crippen LogP contribution >= 0.6 is 0 Å². The first-order valence-corrected chi connectivity index (χ1v) is 8.65. The summed E-state index contributed by atoms with van der Waals surface area (Å²) in [5.74, 6) is -1.98. The molecule has 2 rings (SSSR count). The Labute approximate surface area is 162 Å². The van der Waals surface area contributed by atoms with Gasteiger partial charge in [-0.3, -0.25) is 0 Å². The van der Waals surface area contributed by atoms with E-state index in [0.717, 1.165) is 0 Å². The van der Waals surface area contributed by atoms with E-state index < -0.39 is 23.7 Å². The third-order valence-electron chi connectivity index (χ3n) is 4.23. The Bertz CT molecular complexity index is 814. The number of aliphatic hydroxyl groups is 1. The fourth-order valence-corrected chi connectivity index (χ4v) is 2.68. The Kier molecular flexibility index (Phi) is 6.50. The number of aliphatic hydroxyl groups excluding tert-OH is 1. The van der Waals surface area contributed by atoms with Crippen LogP contribution in [0.5, 0.6) is 17.2 Å². The Morgan fingerprint density at radius 3 is 2.18 bits per heavy atom. The van der Waals surface area contributed by atoms with E-state index >= 15 is 0 Å². The van der Waals surface area contributed by atoms with Gasteiger partial charge in [-0.1, -0.05) is 0 Å². The molecule has 0 aliphatic rings. The zero-order valence-electron chi connectivity index (χ0n) is 15.9. The van der Waals surface area contributed by atoms with Crippen molar-refractivity contribution in [1.29, 1.82) is 0 Å². The van der Waals surface area contributed by atoms with E-state index in [9.17, 15) is 30.4 Å². The zero-order valence-corrected chi connectivity index (χ0v) is 15.9. The highest BCUT2D eigenvalue weighted by Gasteiger charge is 2.35. The number of ether oxygens (including phenoxy) is 1. The fourth-order valence-electron chi connectivity index (χ4n) is 2.68. The van der Waals surface area contributed by atoms with Crippen molar-refractivity contribution >= 4 is 5.97 Å². The predicted molar refractivity (Wildman–Crippen MR) is 101 cm³/mol. The summed E-state index contributed by atoms with van der Waals surface area (Å²) in [6.45, 7) is 4.83. The number of rotatable bonds is 7. The molecule has 0 aromatic heterocycles. The Balaban J connectivity index is 2.42. The largest absolute Gasteiger partial charge is 0.508 e. The molecule has 0 fully saturated rings. The summed E-state index contributed by atoms with van der Waals surface area (Å²) in [6.07, 6.45) is -1.52. The van der Waals surface area contributed by atoms with Crippen LogP contribution in [0, 0.1) is 0 Å². The molecule has 5 N–H and O–H groups in total. The second-order valence-electron chi connectivity index (χ2n) is 7.42. The first kappa shape index (κ1) is 21.5. The van der Waals surface area contributed by atoms with E-state index in [1.54, 1.807) is 20.8 Å². The van der Waals surface area contributed by atoms with Crippen LogP contribution in [0.15, 0.2) is 42.5 Å². The second-order valence-corrected chi connectivity index (χ2v) is 7.42. The summed E-state index contributed by atoms with van der Waals surface area (Å²) < 4.78 is 5.65. The molecule has 2 aromatic rings. The number of carboxylic acid groups (broad SMARTS) is 1. The van der Waals surface area contributed by atoms with Crippen LogP contribution < -0.4 is 4.74 Å². The lowest BCUT2D eigenvalue weighted by atomic mass is 9.91. The van der Waals surface area contributed by atoms with Gasteiger partial charge in [0.15, 0.2) is 0 Å². The lowest BCUT2D eigenvalue weighted by Crippen LogP contribution is -2.49. The minimum Gasteiger partial charge on any atom is -0.508 e. The van der Waals surface area contributed by atoms with Crippen molar-refractivity contribution < 1.29 is 35.2 Å². The van der Waals surface area contributed by atoms with Crippen LogP contribution in [0.3, 0.4) is 0 Å². The molecule has 28 heavy (non-hydrogen) atoms. The minimum absolute atomic E-state index is 0.0549. The van der Waals surface area contributed by atoms with Gasteiger partial charge in [0.2, 0.25) is 0 Å². The zero-order chi connectivity index (χ0) is 21.1. The Morgan fingerprint density at radius 2 is 1.64 bits per heavy atom. The molecule has 0 spiro atoms. The number of hydrogen-bond donors (Lipinski definition) is 5. The quantitative estimate of drug-likeness (QED) is 0.360. The number of carbonyl (C=O) groups is 1. The Morgan fingerprint density at radius 1 is 1.07 bits per heavy atom. The molecule has 0 amide bonds. The predicted octanol–water partition coefficient (Wildman–Crippen LogP) is 2.77. The van der Waals surface area contributed by atoms with Gasteiger partial charge in [-0.2, -0.15) is 5.06 Å². The number of hydroxylamine groups is 2. The van der Waals surface area contributed by atoms with Crippen LogP contribution in [-0.4, -0.2) is 55.0 Å². The highest BCUT2D eigenvalue weighted by Crippen LogP contribution is 2.31. The number of aromatic carboxylic acids is 1. The number of phenols is 2. The molecule has 8 nitrogen and oxygen atoms in total. The smallest absolute Gasteiger partial charge is 0.335 e. The van der Waals surface area contributed by atoms with E-state index in [1.807, 2.05) is 0 Å². The lowest BCUT2D eigenvalue weighted by Gasteiger charge is -2.37. The molecule has 0 aliphatic heterocycles. The molecule has 2 aromatic carbocycles. The van der Waals surface area contributed by atoms with Gasteiger partial charge in [-0.05, 0) is 68.8 Å². The summed E-state index contributed by atoms with van der Waals surface area (Å²) in [6, 6.07) is 9.56. The van der Waals surface area contributed by atoms with Gasteiger partial charge in [0.1, 0.15) is 23.5 Å². The van der Waals surface area contributed by atoms with Crippen molar-refractivity contribution in [2.24, 2.45) is 0 Å². The molecule has 0 saturated heterocycles. The maximum atomic E-state index is 11.6. The standard InChI is InChI=1S/C20H25NO7/c1-20(2,3)21(27)18(24)17(11-28-14-7-4-12(22)5-8-14)16-10-13(23)6-9-15(16)19(25)26/h4-10,17-18,22-24,27H,11H2,1-3H3,(H,25,26). The highest BCUT2D eigenvalue weighted by atomic mass is 16.5. The molecule has 0 radical (unpaired) electrons. The van der Waals surface area contributed by atoms with Crippen molar-refractivity contribution in [2.75, 3.05) is 6.61 Å². The maximum absolute atomic E-state index is 11.6. The van der Waals surface area contributed by atoms with Crippen molar-refractivity contribution in [3.8, 4) is 17.2 Å². The van der Waals surface area contributed by atoms with Gasteiger partial charge in [0.25, 0.3) is 0 Å². The molecule has 0 saturated carbocycles. The summed E-state index contributed by atoms with van der Waals surface area (Å²) in [7, 11) is 0. The number of aromatic hydroxyl groups is 2. The van der Waals surface area contributed by atoms with Crippen LogP contribution in [-0.2, 0) is 0 Å². The maximum Gasteiger partial charge on any atom is 0.335 e. The fraction of sp³-hybridized carbons (Fsp3) is 0.350. The van der Waals surface area contributed by atoms with Crippen LogP contribution in [0.1, 0.15) is 42.6 Å². The van der Waals surface area contributed by atoms with E-state index in [0.29, 0.717) is 10.8 Å². The molecule has 0 heterocycles. The summed E-state index contributed by atoms with van der Waals surface area (Å²) in [4.78, 5) is 11.6. The summed E-state index contributed by atoms with van der Waals surface area (Å²) in [5, 5.41) is 50.6. The lowest BCUT2D eigenvalue weighted by molar-refractivity contribution is -0.252. The monoisotopic (exact) mass is 391 g/mol. The topological polar surface area (TPSA) is 131 Å². The van der Waals surface area contributed by atoms with E-state index in [2.05, 4.69) is 0 Å². The molecule has 2 unspecified atom stereocenters. The molecule has 0 bridgehead atoms. The average Bonchev–Trinajstić information content (AvgIpc) is 2.61. The van der Waals surface area contributed by atoms with Crippen molar-refractivity contribution in [1.82, 2.24) is 5.06 Å². The summed E-state index contributed by atoms with van der Waals surface area (Å²) >= 11 is 0. The average molecular weight is 391 g/mol. The second kappa shape index (κ2) is 8.47. The minimum atomic E-state index is -1.52. The molecule has 0 aliphatic carbocycles. The van der Waals surface area contributed by atoms with Gasteiger partial charge < -0.3 is 30.4 Å². The molecule has 2 atom stereocenters. The number of hydrogen-bond acceptors (Lipinski definition) is 7. The normalized spacial score (nSPS) is 13.9. The van der Waals surface area contributed by atoms with E-state index in [1.165, 1.54) is 42.5 Å². The van der Waals surface area contributed by atoms with Crippen LogP contribution in [0.4, 0.5) is 0 Å². The van der Waals surface area contributed by atoms with Crippen molar-refractivity contribution in [2.45, 2.75) is 38.5 Å². The number of phenolic OH excluding ortho intramolecular Hbond substituents is 2. The highest BCUT2D eigenvalue weighted by molar-refractivity contribution is 5.90. The first-order chi connectivity index (χ1) is 13.0. The molecule has 8 heteroatoms. The Hall–Kier alpha value is -2.81. The van der Waals surface area contributed by atoms with Crippen LogP contribution in [0.2, 0.25) is 0 Å². The van der Waals surface area contributed by atoms with Crippen molar-refractivity contribution in [3.63, 3.8) is 0 Å². The third kappa shape index (κ3) is 5.13. The number of benzene rings is 2. The number of carboxylic acids is 1. The SMILES string of the molecule is CC(C)(C)N(O)C(O)C(COc1ccc(O)cc1)c1cc(O)ccc1C(=O)O. The third-order valence-corrected chi connectivity index (χ3v) is 4.23. The first-order valence-electron chi connectivity index (χ1n) is 8.65. The van der Waals surface area contributed by atoms with E-state index in [-0.39, 0.29) is 29.2 Å². The summed E-state index contributed by atoms with van der Waals surface area (Å²) in [5.41, 5.74) is -0.850. The van der Waals surface area contributed by atoms with Gasteiger partial charge in [0, 0.05) is 5.54 Å². The van der Waals surface area contributed by atoms with E-state index in [4.69, 9.17) is 4.74 Å². The van der Waals surface area contributed by atoms with Gasteiger partial charge >= 0.3 is 5.97 Å². The molecular formula is C20H25NO7. The molecule has 152 valence electrons. The van der Waals surface area contributed by atoms with Gasteiger partial charge in [0.05, 0.1) is 18.1 Å². The van der Waals surface area contributed by atoms with Gasteiger partial charge in [-0.15, -0.1) is 0 Å². The number of nitrogens with zero attached hydrogens (tertiary/aromatic N) is 1. The van der Waals surface area contributed by atoms with Crippen LogP contribution in [0.25, 0.3) is 0 Å². The van der Waals surface area contributed by atoms with Gasteiger partial charge in [-0.25, -0.2) is 4.79 Å². The van der Waals surface area contributed by atoms with Crippen molar-refractivity contribution in [3.05, 3.63) is 53.6 Å².